The smallest absolute Gasteiger partial charge is 0.356 e. The van der Waals surface area contributed by atoms with Crippen molar-refractivity contribution in [3.8, 4) is 5.75 Å². The Morgan fingerprint density at radius 3 is 2.90 bits per heavy atom. The van der Waals surface area contributed by atoms with Crippen LogP contribution in [0, 0.1) is 0 Å². The minimum atomic E-state index is -1.03. The number of imidazole rings is 1. The fourth-order valence-corrected chi connectivity index (χ4v) is 2.09. The molecule has 0 aliphatic rings. The fourth-order valence-electron chi connectivity index (χ4n) is 2.09. The molecule has 2 aromatic heterocycles. The van der Waals surface area contributed by atoms with E-state index in [2.05, 4.69) is 11.9 Å². The number of aromatic carboxylic acids is 1. The van der Waals surface area contributed by atoms with Crippen LogP contribution >= 0.6 is 0 Å². The summed E-state index contributed by atoms with van der Waals surface area (Å²) in [5.74, 6) is -0.394. The Morgan fingerprint density at radius 1 is 1.35 bits per heavy atom. The first-order valence-electron chi connectivity index (χ1n) is 7.06. The molecule has 0 aliphatic carbocycles. The van der Waals surface area contributed by atoms with Gasteiger partial charge in [-0.3, -0.25) is 0 Å². The molecule has 5 nitrogen and oxygen atoms in total. The van der Waals surface area contributed by atoms with E-state index in [-0.39, 0.29) is 5.69 Å². The predicted molar refractivity (Wildman–Crippen MR) is 76.4 cm³/mol. The lowest BCUT2D eigenvalue weighted by Gasteiger charge is -2.06. The van der Waals surface area contributed by atoms with Gasteiger partial charge in [0.05, 0.1) is 6.61 Å². The Morgan fingerprint density at radius 2 is 2.15 bits per heavy atom. The molecule has 0 amide bonds. The molecule has 0 radical (unpaired) electrons. The summed E-state index contributed by atoms with van der Waals surface area (Å²) >= 11 is 0. The van der Waals surface area contributed by atoms with E-state index in [1.807, 2.05) is 12.1 Å². The highest BCUT2D eigenvalue weighted by Gasteiger charge is 2.11. The average Bonchev–Trinajstić information content (AvgIpc) is 2.87. The molecule has 0 aliphatic heterocycles. The summed E-state index contributed by atoms with van der Waals surface area (Å²) in [4.78, 5) is 15.0. The van der Waals surface area contributed by atoms with E-state index in [0.717, 1.165) is 12.8 Å². The first-order chi connectivity index (χ1) is 9.72. The number of nitrogens with zero attached hydrogens (tertiary/aromatic N) is 2. The van der Waals surface area contributed by atoms with E-state index < -0.39 is 5.97 Å². The number of carboxylic acids is 1. The summed E-state index contributed by atoms with van der Waals surface area (Å²) in [5, 5.41) is 8.96. The van der Waals surface area contributed by atoms with Crippen LogP contribution in [0.5, 0.6) is 5.75 Å². The van der Waals surface area contributed by atoms with Crippen molar-refractivity contribution in [1.82, 2.24) is 9.38 Å². The van der Waals surface area contributed by atoms with E-state index in [9.17, 15) is 4.79 Å². The molecule has 108 valence electrons. The molecule has 2 rings (SSSR count). The standard InChI is InChI=1S/C15H20N2O3/c1-2-3-4-5-6-10-20-13-8-7-9-17-11-12(15(18)19)16-14(13)17/h7-9,11H,2-6,10H2,1H3,(H,18,19). The number of fused-ring (bicyclic) bond motifs is 1. The van der Waals surface area contributed by atoms with Gasteiger partial charge in [0.2, 0.25) is 0 Å². The Labute approximate surface area is 118 Å². The maximum absolute atomic E-state index is 10.9. The molecule has 20 heavy (non-hydrogen) atoms. The lowest BCUT2D eigenvalue weighted by molar-refractivity contribution is 0.0691. The van der Waals surface area contributed by atoms with Gasteiger partial charge in [-0.1, -0.05) is 32.6 Å². The number of carboxylic acid groups (broad SMARTS) is 1. The zero-order valence-corrected chi connectivity index (χ0v) is 11.7. The number of hydrogen-bond acceptors (Lipinski definition) is 3. The normalized spacial score (nSPS) is 10.8. The monoisotopic (exact) mass is 276 g/mol. The van der Waals surface area contributed by atoms with Crippen LogP contribution in [0.1, 0.15) is 49.5 Å². The number of rotatable bonds is 8. The Kier molecular flexibility index (Phi) is 4.98. The Bertz CT molecular complexity index is 578. The second-order valence-corrected chi connectivity index (χ2v) is 4.80. The zero-order chi connectivity index (χ0) is 14.4. The van der Waals surface area contributed by atoms with E-state index >= 15 is 0 Å². The van der Waals surface area contributed by atoms with Gasteiger partial charge in [0.1, 0.15) is 0 Å². The Balaban J connectivity index is 1.97. The fraction of sp³-hybridized carbons (Fsp3) is 0.467. The van der Waals surface area contributed by atoms with Crippen LogP contribution in [-0.2, 0) is 0 Å². The van der Waals surface area contributed by atoms with Crippen LogP contribution in [0.3, 0.4) is 0 Å². The number of carbonyl (C=O) groups is 1. The van der Waals surface area contributed by atoms with Crippen molar-refractivity contribution in [1.29, 1.82) is 0 Å². The Hall–Kier alpha value is -2.04. The lowest BCUT2D eigenvalue weighted by atomic mass is 10.2. The molecule has 5 heteroatoms. The van der Waals surface area contributed by atoms with E-state index in [0.29, 0.717) is 18.0 Å². The molecule has 0 fully saturated rings. The van der Waals surface area contributed by atoms with Gasteiger partial charge in [0.25, 0.3) is 0 Å². The number of ether oxygens (including phenoxy) is 1. The highest BCUT2D eigenvalue weighted by molar-refractivity contribution is 5.86. The van der Waals surface area contributed by atoms with Gasteiger partial charge in [0.15, 0.2) is 17.1 Å². The van der Waals surface area contributed by atoms with Gasteiger partial charge in [0, 0.05) is 12.4 Å². The molecule has 0 unspecified atom stereocenters. The first kappa shape index (κ1) is 14.4. The zero-order valence-electron chi connectivity index (χ0n) is 11.7. The molecule has 0 saturated heterocycles. The van der Waals surface area contributed by atoms with Crippen molar-refractivity contribution in [3.63, 3.8) is 0 Å². The van der Waals surface area contributed by atoms with Crippen LogP contribution in [0.25, 0.3) is 5.65 Å². The van der Waals surface area contributed by atoms with Crippen molar-refractivity contribution < 1.29 is 14.6 Å². The van der Waals surface area contributed by atoms with E-state index in [4.69, 9.17) is 9.84 Å². The molecule has 1 N–H and O–H groups in total. The molecule has 2 heterocycles. The maximum atomic E-state index is 10.9. The summed E-state index contributed by atoms with van der Waals surface area (Å²) in [5.41, 5.74) is 0.586. The van der Waals surface area contributed by atoms with Crippen molar-refractivity contribution >= 4 is 11.6 Å². The molecular weight excluding hydrogens is 256 g/mol. The molecule has 0 saturated carbocycles. The minimum Gasteiger partial charge on any atom is -0.490 e. The molecule has 0 aromatic carbocycles. The summed E-state index contributed by atoms with van der Waals surface area (Å²) in [7, 11) is 0. The lowest BCUT2D eigenvalue weighted by Crippen LogP contribution is -1.99. The molecular formula is C15H20N2O3. The summed E-state index contributed by atoms with van der Waals surface area (Å²) in [6.07, 6.45) is 9.15. The quantitative estimate of drug-likeness (QED) is 0.751. The molecule has 2 aromatic rings. The van der Waals surface area contributed by atoms with Crippen molar-refractivity contribution in [2.24, 2.45) is 0 Å². The number of pyridine rings is 1. The largest absolute Gasteiger partial charge is 0.490 e. The number of unbranched alkanes of at least 4 members (excludes halogenated alkanes) is 4. The molecule has 0 atom stereocenters. The van der Waals surface area contributed by atoms with Crippen LogP contribution in [-0.4, -0.2) is 27.1 Å². The summed E-state index contributed by atoms with van der Waals surface area (Å²) in [6, 6.07) is 3.65. The average molecular weight is 276 g/mol. The highest BCUT2D eigenvalue weighted by atomic mass is 16.5. The van der Waals surface area contributed by atoms with Crippen molar-refractivity contribution in [2.75, 3.05) is 6.61 Å². The predicted octanol–water partition coefficient (Wildman–Crippen LogP) is 3.38. The first-order valence-corrected chi connectivity index (χ1v) is 7.06. The summed E-state index contributed by atoms with van der Waals surface area (Å²) < 4.78 is 7.39. The van der Waals surface area contributed by atoms with Gasteiger partial charge in [-0.25, -0.2) is 9.78 Å². The molecule has 0 spiro atoms. The number of aromatic nitrogens is 2. The second kappa shape index (κ2) is 6.93. The van der Waals surface area contributed by atoms with Gasteiger partial charge in [-0.05, 0) is 18.6 Å². The topological polar surface area (TPSA) is 63.8 Å². The van der Waals surface area contributed by atoms with Gasteiger partial charge in [-0.15, -0.1) is 0 Å². The van der Waals surface area contributed by atoms with E-state index in [1.54, 1.807) is 10.6 Å². The number of hydrogen-bond donors (Lipinski definition) is 1. The van der Waals surface area contributed by atoms with Gasteiger partial charge >= 0.3 is 5.97 Å². The van der Waals surface area contributed by atoms with Gasteiger partial charge in [-0.2, -0.15) is 0 Å². The van der Waals surface area contributed by atoms with Crippen molar-refractivity contribution in [2.45, 2.75) is 39.0 Å². The SMILES string of the molecule is CCCCCCCOc1cccn2cc(C(=O)O)nc12. The van der Waals surface area contributed by atoms with Crippen LogP contribution in [0.15, 0.2) is 24.5 Å². The molecule has 0 bridgehead atoms. The summed E-state index contributed by atoms with van der Waals surface area (Å²) in [6.45, 7) is 2.83. The van der Waals surface area contributed by atoms with Crippen LogP contribution in [0.4, 0.5) is 0 Å². The van der Waals surface area contributed by atoms with Crippen molar-refractivity contribution in [3.05, 3.63) is 30.2 Å². The third-order valence-corrected chi connectivity index (χ3v) is 3.17. The maximum Gasteiger partial charge on any atom is 0.356 e. The third-order valence-electron chi connectivity index (χ3n) is 3.17. The van der Waals surface area contributed by atoms with Gasteiger partial charge < -0.3 is 14.2 Å². The highest BCUT2D eigenvalue weighted by Crippen LogP contribution is 2.19. The third kappa shape index (κ3) is 3.50. The van der Waals surface area contributed by atoms with Crippen LogP contribution < -0.4 is 4.74 Å². The van der Waals surface area contributed by atoms with Crippen LogP contribution in [0.2, 0.25) is 0 Å². The second-order valence-electron chi connectivity index (χ2n) is 4.80. The minimum absolute atomic E-state index is 0.0315. The van der Waals surface area contributed by atoms with E-state index in [1.165, 1.54) is 25.5 Å².